The molecule has 4 N–H and O–H groups in total. The van der Waals surface area contributed by atoms with E-state index in [0.717, 1.165) is 14.5 Å². The van der Waals surface area contributed by atoms with E-state index in [9.17, 15) is 0 Å². The van der Waals surface area contributed by atoms with Gasteiger partial charge in [0.15, 0.2) is 0 Å². The quantitative estimate of drug-likeness (QED) is 0.454. The van der Waals surface area contributed by atoms with Crippen LogP contribution in [0.15, 0.2) is 33.5 Å². The SMILES string of the molecule is C#Cc1cc(Br)cnc1N.C[Si](C)(C)C#Cc1cc(Br)cnc1N. The summed E-state index contributed by atoms with van der Waals surface area (Å²) >= 11 is 6.57. The Kier molecular flexibility index (Phi) is 7.49. The topological polar surface area (TPSA) is 77.8 Å². The van der Waals surface area contributed by atoms with Gasteiger partial charge in [-0.25, -0.2) is 9.97 Å². The van der Waals surface area contributed by atoms with Crippen molar-refractivity contribution in [2.24, 2.45) is 0 Å². The summed E-state index contributed by atoms with van der Waals surface area (Å²) in [6.07, 6.45) is 8.41. The van der Waals surface area contributed by atoms with E-state index in [-0.39, 0.29) is 0 Å². The molecule has 0 aromatic carbocycles. The van der Waals surface area contributed by atoms with Crippen LogP contribution >= 0.6 is 31.9 Å². The molecule has 0 aliphatic carbocycles. The van der Waals surface area contributed by atoms with Crippen molar-refractivity contribution in [1.82, 2.24) is 9.97 Å². The molecule has 0 atom stereocenters. The van der Waals surface area contributed by atoms with Gasteiger partial charge >= 0.3 is 0 Å². The molecule has 0 unspecified atom stereocenters. The zero-order chi connectivity index (χ0) is 18.3. The van der Waals surface area contributed by atoms with Gasteiger partial charge in [0.05, 0.1) is 11.1 Å². The smallest absolute Gasteiger partial charge is 0.139 e. The molecule has 24 heavy (non-hydrogen) atoms. The van der Waals surface area contributed by atoms with Crippen LogP contribution in [0, 0.1) is 23.8 Å². The minimum absolute atomic E-state index is 0.394. The van der Waals surface area contributed by atoms with Crippen LogP contribution in [0.4, 0.5) is 11.6 Å². The van der Waals surface area contributed by atoms with E-state index in [0.29, 0.717) is 17.2 Å². The van der Waals surface area contributed by atoms with Gasteiger partial charge in [0, 0.05) is 21.3 Å². The Morgan fingerprint density at radius 1 is 0.958 bits per heavy atom. The van der Waals surface area contributed by atoms with Gasteiger partial charge in [0.2, 0.25) is 0 Å². The monoisotopic (exact) mass is 464 g/mol. The minimum atomic E-state index is -1.34. The first kappa shape index (κ1) is 20.2. The van der Waals surface area contributed by atoms with Crippen LogP contribution < -0.4 is 11.5 Å². The van der Waals surface area contributed by atoms with E-state index < -0.39 is 8.07 Å². The highest BCUT2D eigenvalue weighted by atomic mass is 79.9. The molecule has 0 fully saturated rings. The maximum atomic E-state index is 5.70. The average Bonchev–Trinajstić information content (AvgIpc) is 2.50. The molecule has 0 spiro atoms. The summed E-state index contributed by atoms with van der Waals surface area (Å²) in [6, 6.07) is 3.65. The summed E-state index contributed by atoms with van der Waals surface area (Å²) in [5.41, 5.74) is 15.8. The highest BCUT2D eigenvalue weighted by molar-refractivity contribution is 9.10. The number of halogens is 2. The number of nitrogens with two attached hydrogens (primary N) is 2. The average molecular weight is 466 g/mol. The number of nitrogen functional groups attached to an aromatic ring is 2. The summed E-state index contributed by atoms with van der Waals surface area (Å²) in [5.74, 6) is 6.40. The molecule has 0 bridgehead atoms. The van der Waals surface area contributed by atoms with Gasteiger partial charge in [0.1, 0.15) is 19.7 Å². The number of rotatable bonds is 0. The Balaban J connectivity index is 0.000000254. The van der Waals surface area contributed by atoms with Crippen LogP contribution in [0.5, 0.6) is 0 Å². The first-order valence-electron chi connectivity index (χ1n) is 6.94. The molecule has 0 aliphatic rings. The predicted octanol–water partition coefficient (Wildman–Crippen LogP) is 4.06. The molecule has 4 nitrogen and oxygen atoms in total. The third-order valence-electron chi connectivity index (χ3n) is 2.50. The minimum Gasteiger partial charge on any atom is -0.383 e. The normalized spacial score (nSPS) is 9.83. The van der Waals surface area contributed by atoms with Gasteiger partial charge in [-0.2, -0.15) is 0 Å². The molecule has 124 valence electrons. The van der Waals surface area contributed by atoms with Crippen LogP contribution in [0.2, 0.25) is 19.6 Å². The standard InChI is InChI=1S/C10H13BrN2Si.C7H5BrN2/c1-14(2,3)5-4-8-6-9(11)7-13-10(8)12;1-2-5-3-6(8)4-10-7(5)9/h6-7H,1-3H3,(H2,12,13);1,3-4H,(H2,9,10). The van der Waals surface area contributed by atoms with Gasteiger partial charge in [0.25, 0.3) is 0 Å². The van der Waals surface area contributed by atoms with Gasteiger partial charge in [-0.1, -0.05) is 31.5 Å². The van der Waals surface area contributed by atoms with Gasteiger partial charge in [-0.3, -0.25) is 0 Å². The Morgan fingerprint density at radius 2 is 1.42 bits per heavy atom. The van der Waals surface area contributed by atoms with Crippen LogP contribution in [0.1, 0.15) is 11.1 Å². The molecular formula is C17H18Br2N4Si. The van der Waals surface area contributed by atoms with Crippen molar-refractivity contribution in [2.45, 2.75) is 19.6 Å². The second-order valence-electron chi connectivity index (χ2n) is 5.82. The third-order valence-corrected chi connectivity index (χ3v) is 4.24. The highest BCUT2D eigenvalue weighted by Gasteiger charge is 2.08. The third kappa shape index (κ3) is 7.18. The Labute approximate surface area is 160 Å². The molecule has 2 aromatic heterocycles. The lowest BCUT2D eigenvalue weighted by atomic mass is 10.3. The molecule has 0 saturated heterocycles. The fourth-order valence-corrected chi connectivity index (χ4v) is 2.54. The summed E-state index contributed by atoms with van der Waals surface area (Å²) in [5, 5.41) is 0. The lowest BCUT2D eigenvalue weighted by Crippen LogP contribution is -2.16. The maximum absolute atomic E-state index is 5.70. The van der Waals surface area contributed by atoms with E-state index in [4.69, 9.17) is 17.9 Å². The zero-order valence-electron chi connectivity index (χ0n) is 13.7. The molecule has 0 radical (unpaired) electrons. The van der Waals surface area contributed by atoms with Crippen LogP contribution in [-0.4, -0.2) is 18.0 Å². The molecule has 2 rings (SSSR count). The zero-order valence-corrected chi connectivity index (χ0v) is 17.9. The van der Waals surface area contributed by atoms with Crippen LogP contribution in [0.3, 0.4) is 0 Å². The molecule has 0 aliphatic heterocycles. The second kappa shape index (κ2) is 8.88. The van der Waals surface area contributed by atoms with Crippen molar-refractivity contribution in [3.63, 3.8) is 0 Å². The van der Waals surface area contributed by atoms with Gasteiger partial charge in [-0.05, 0) is 44.0 Å². The summed E-state index contributed by atoms with van der Waals surface area (Å²) in [6.45, 7) is 6.59. The van der Waals surface area contributed by atoms with Crippen molar-refractivity contribution in [3.05, 3.63) is 44.6 Å². The van der Waals surface area contributed by atoms with E-state index in [1.54, 1.807) is 18.5 Å². The number of terminal acetylenes is 1. The van der Waals surface area contributed by atoms with Crippen molar-refractivity contribution in [3.8, 4) is 23.8 Å². The number of nitrogens with zero attached hydrogens (tertiary/aromatic N) is 2. The molecule has 7 heteroatoms. The lowest BCUT2D eigenvalue weighted by molar-refractivity contribution is 1.30. The number of pyridine rings is 2. The van der Waals surface area contributed by atoms with Crippen LogP contribution in [-0.2, 0) is 0 Å². The predicted molar refractivity (Wildman–Crippen MR) is 111 cm³/mol. The number of anilines is 2. The van der Waals surface area contributed by atoms with Crippen molar-refractivity contribution >= 4 is 51.6 Å². The van der Waals surface area contributed by atoms with Crippen LogP contribution in [0.25, 0.3) is 0 Å². The fraction of sp³-hybridized carbons (Fsp3) is 0.176. The number of hydrogen-bond donors (Lipinski definition) is 2. The molecule has 0 amide bonds. The Bertz CT molecular complexity index is 827. The number of hydrogen-bond acceptors (Lipinski definition) is 4. The Hall–Kier alpha value is -1.80. The highest BCUT2D eigenvalue weighted by Crippen LogP contribution is 2.15. The van der Waals surface area contributed by atoms with E-state index in [1.807, 2.05) is 6.07 Å². The van der Waals surface area contributed by atoms with Crippen molar-refractivity contribution in [1.29, 1.82) is 0 Å². The van der Waals surface area contributed by atoms with E-state index in [1.165, 1.54) is 0 Å². The molecule has 2 heterocycles. The molecular weight excluding hydrogens is 448 g/mol. The van der Waals surface area contributed by atoms with Gasteiger partial charge < -0.3 is 11.5 Å². The molecule has 0 saturated carbocycles. The largest absolute Gasteiger partial charge is 0.383 e. The number of aromatic nitrogens is 2. The fourth-order valence-electron chi connectivity index (χ4n) is 1.37. The summed E-state index contributed by atoms with van der Waals surface area (Å²) in [4.78, 5) is 7.86. The van der Waals surface area contributed by atoms with E-state index >= 15 is 0 Å². The van der Waals surface area contributed by atoms with E-state index in [2.05, 4.69) is 78.9 Å². The maximum Gasteiger partial charge on any atom is 0.139 e. The second-order valence-corrected chi connectivity index (χ2v) is 12.4. The first-order valence-corrected chi connectivity index (χ1v) is 12.0. The lowest BCUT2D eigenvalue weighted by Gasteiger charge is -2.04. The molecule has 2 aromatic rings. The van der Waals surface area contributed by atoms with Crippen molar-refractivity contribution in [2.75, 3.05) is 11.5 Å². The van der Waals surface area contributed by atoms with Gasteiger partial charge in [-0.15, -0.1) is 12.0 Å². The summed E-state index contributed by atoms with van der Waals surface area (Å²) < 4.78 is 1.75. The summed E-state index contributed by atoms with van der Waals surface area (Å²) in [7, 11) is -1.34. The first-order chi connectivity index (χ1) is 11.1. The Morgan fingerprint density at radius 3 is 1.83 bits per heavy atom. The van der Waals surface area contributed by atoms with Crippen molar-refractivity contribution < 1.29 is 0 Å².